The van der Waals surface area contributed by atoms with Crippen molar-refractivity contribution in [1.82, 2.24) is 30.9 Å². The van der Waals surface area contributed by atoms with Crippen molar-refractivity contribution in [1.29, 1.82) is 0 Å². The van der Waals surface area contributed by atoms with Gasteiger partial charge in [0.15, 0.2) is 6.35 Å². The number of halogens is 5. The first-order chi connectivity index (χ1) is 17.5. The van der Waals surface area contributed by atoms with E-state index in [1.807, 2.05) is 0 Å². The number of hydrogen-bond donors (Lipinski definition) is 5. The van der Waals surface area contributed by atoms with E-state index < -0.39 is 53.7 Å². The summed E-state index contributed by atoms with van der Waals surface area (Å²) in [6.07, 6.45) is -1.03. The molecule has 2 saturated carbocycles. The molecule has 0 amide bonds. The number of rotatable bonds is 8. The van der Waals surface area contributed by atoms with Gasteiger partial charge >= 0.3 is 6.18 Å². The van der Waals surface area contributed by atoms with Crippen molar-refractivity contribution in [3.63, 3.8) is 0 Å². The van der Waals surface area contributed by atoms with E-state index in [-0.39, 0.29) is 17.3 Å². The van der Waals surface area contributed by atoms with E-state index in [9.17, 15) is 26.3 Å². The van der Waals surface area contributed by atoms with Gasteiger partial charge < -0.3 is 9.29 Å². The van der Waals surface area contributed by atoms with Gasteiger partial charge in [0, 0.05) is 25.2 Å². The minimum absolute atomic E-state index is 0.0426. The SMILES string of the molecule is O=[S+]([O-])(C1CCCCC1)N1CCC(NC2NC(NC3CCC(F)C(Cl)C3)NC(OCC(F)(F)F)N2)CC1. The van der Waals surface area contributed by atoms with Gasteiger partial charge in [0.25, 0.3) is 0 Å². The highest BCUT2D eigenvalue weighted by molar-refractivity contribution is 7.96. The van der Waals surface area contributed by atoms with Crippen molar-refractivity contribution < 1.29 is 31.1 Å². The Morgan fingerprint density at radius 3 is 2.16 bits per heavy atom. The molecule has 37 heavy (non-hydrogen) atoms. The smallest absolute Gasteiger partial charge is 0.411 e. The standard InChI is InChI=1S/C22H39ClF4N6O3S/c23-17-12-15(6-7-18(17)24)29-20-30-19(31-21(32-20)36-13-22(25,26)27)28-14-8-10-33(11-9-14)37(34,35)16-4-2-1-3-5-16/h14-21,28-32H,1-13H2. The molecule has 4 rings (SSSR count). The molecular weight excluding hydrogens is 540 g/mol. The van der Waals surface area contributed by atoms with E-state index in [0.717, 1.165) is 19.3 Å². The number of sulfonamides is 1. The second kappa shape index (κ2) is 13.0. The number of nitrogens with one attached hydrogen (secondary N) is 5. The van der Waals surface area contributed by atoms with Crippen molar-refractivity contribution >= 4 is 22.0 Å². The summed E-state index contributed by atoms with van der Waals surface area (Å²) in [6, 6.07) is -0.159. The Hall–Kier alpha value is -0.160. The average Bonchev–Trinajstić information content (AvgIpc) is 2.85. The van der Waals surface area contributed by atoms with Crippen LogP contribution in [0.25, 0.3) is 0 Å². The lowest BCUT2D eigenvalue weighted by Gasteiger charge is -2.44. The second-order valence-electron chi connectivity index (χ2n) is 10.5. The van der Waals surface area contributed by atoms with Crippen LogP contribution in [0.2, 0.25) is 0 Å². The molecule has 9 nitrogen and oxygen atoms in total. The molecule has 216 valence electrons. The topological polar surface area (TPSA) is 113 Å². The minimum Gasteiger partial charge on any atom is -0.597 e. The van der Waals surface area contributed by atoms with Gasteiger partial charge in [-0.2, -0.15) is 13.2 Å². The zero-order chi connectivity index (χ0) is 26.6. The van der Waals surface area contributed by atoms with Crippen LogP contribution in [0.1, 0.15) is 64.2 Å². The molecule has 7 atom stereocenters. The van der Waals surface area contributed by atoms with Gasteiger partial charge in [-0.1, -0.05) is 10.6 Å². The van der Waals surface area contributed by atoms with Crippen LogP contribution in [-0.2, 0) is 19.3 Å². The molecule has 4 aliphatic rings. The van der Waals surface area contributed by atoms with E-state index in [1.54, 1.807) is 4.31 Å². The van der Waals surface area contributed by atoms with Crippen molar-refractivity contribution in [3.05, 3.63) is 0 Å². The minimum atomic E-state index is -4.48. The van der Waals surface area contributed by atoms with Crippen LogP contribution in [0.5, 0.6) is 0 Å². The molecule has 5 N–H and O–H groups in total. The maximum atomic E-state index is 13.8. The van der Waals surface area contributed by atoms with Crippen LogP contribution in [-0.4, -0.2) is 82.5 Å². The number of ether oxygens (including phenoxy) is 1. The first kappa shape index (κ1) is 29.8. The quantitative estimate of drug-likeness (QED) is 0.169. The molecule has 15 heteroatoms. The zero-order valence-electron chi connectivity index (χ0n) is 20.8. The third kappa shape index (κ3) is 8.66. The van der Waals surface area contributed by atoms with Crippen LogP contribution >= 0.6 is 11.6 Å². The molecule has 4 fully saturated rings. The first-order valence-electron chi connectivity index (χ1n) is 13.3. The molecule has 0 aromatic heterocycles. The maximum Gasteiger partial charge on any atom is 0.411 e. The van der Waals surface area contributed by atoms with Crippen LogP contribution in [0.4, 0.5) is 17.6 Å². The number of nitrogens with zero attached hydrogens (tertiary/aromatic N) is 1. The fourth-order valence-corrected chi connectivity index (χ4v) is 8.04. The highest BCUT2D eigenvalue weighted by atomic mass is 35.5. The lowest BCUT2D eigenvalue weighted by molar-refractivity contribution is -0.199. The Balaban J connectivity index is 1.30. The van der Waals surface area contributed by atoms with Gasteiger partial charge in [-0.25, -0.2) is 4.39 Å². The number of piperidine rings is 1. The van der Waals surface area contributed by atoms with Crippen molar-refractivity contribution in [2.24, 2.45) is 0 Å². The third-order valence-electron chi connectivity index (χ3n) is 7.67. The molecule has 7 unspecified atom stereocenters. The number of hydrogen-bond acceptors (Lipinski definition) is 8. The lowest BCUT2D eigenvalue weighted by atomic mass is 9.93. The van der Waals surface area contributed by atoms with Gasteiger partial charge in [0.05, 0.1) is 5.38 Å². The molecule has 2 saturated heterocycles. The van der Waals surface area contributed by atoms with Gasteiger partial charge in [-0.05, 0) is 57.8 Å². The zero-order valence-corrected chi connectivity index (χ0v) is 22.4. The lowest BCUT2D eigenvalue weighted by Crippen LogP contribution is -2.76. The Labute approximate surface area is 221 Å². The summed E-state index contributed by atoms with van der Waals surface area (Å²) in [5.74, 6) is 0. The fraction of sp³-hybridized carbons (Fsp3) is 1.00. The van der Waals surface area contributed by atoms with E-state index in [2.05, 4.69) is 26.6 Å². The monoisotopic (exact) mass is 578 g/mol. The van der Waals surface area contributed by atoms with Crippen LogP contribution in [0, 0.1) is 0 Å². The molecule has 2 aliphatic carbocycles. The van der Waals surface area contributed by atoms with Crippen molar-refractivity contribution in [3.8, 4) is 0 Å². The molecule has 0 aromatic carbocycles. The summed E-state index contributed by atoms with van der Waals surface area (Å²) in [7, 11) is -3.32. The predicted octanol–water partition coefficient (Wildman–Crippen LogP) is 2.22. The largest absolute Gasteiger partial charge is 0.597 e. The molecule has 0 radical (unpaired) electrons. The summed E-state index contributed by atoms with van der Waals surface area (Å²) in [6.45, 7) is -0.618. The normalized spacial score (nSPS) is 37.4. The summed E-state index contributed by atoms with van der Waals surface area (Å²) >= 11 is 6.08. The fourth-order valence-electron chi connectivity index (χ4n) is 5.63. The maximum absolute atomic E-state index is 13.8. The first-order valence-corrected chi connectivity index (χ1v) is 15.2. The summed E-state index contributed by atoms with van der Waals surface area (Å²) in [5, 5.41) is 14.8. The molecular formula is C22H39ClF4N6O3S. The molecule has 2 aliphatic heterocycles. The van der Waals surface area contributed by atoms with Gasteiger partial charge in [-0.3, -0.25) is 26.6 Å². The highest BCUT2D eigenvalue weighted by Gasteiger charge is 2.41. The van der Waals surface area contributed by atoms with Gasteiger partial charge in [0.2, 0.25) is 0 Å². The predicted molar refractivity (Wildman–Crippen MR) is 132 cm³/mol. The Morgan fingerprint density at radius 2 is 1.57 bits per heavy atom. The third-order valence-corrected chi connectivity index (χ3v) is 10.5. The van der Waals surface area contributed by atoms with Crippen LogP contribution in [0.3, 0.4) is 0 Å². The summed E-state index contributed by atoms with van der Waals surface area (Å²) in [4.78, 5) is 0. The van der Waals surface area contributed by atoms with Crippen molar-refractivity contribution in [2.45, 2.75) is 118 Å². The van der Waals surface area contributed by atoms with E-state index in [4.69, 9.17) is 16.3 Å². The summed E-state index contributed by atoms with van der Waals surface area (Å²) < 4.78 is 84.7. The van der Waals surface area contributed by atoms with Crippen LogP contribution in [0.15, 0.2) is 0 Å². The summed E-state index contributed by atoms with van der Waals surface area (Å²) in [5.41, 5.74) is 0. The van der Waals surface area contributed by atoms with E-state index in [1.165, 1.54) is 0 Å². The van der Waals surface area contributed by atoms with Crippen LogP contribution < -0.4 is 26.6 Å². The number of alkyl halides is 5. The Bertz CT molecular complexity index is 775. The molecule has 2 heterocycles. The molecule has 0 spiro atoms. The Kier molecular flexibility index (Phi) is 10.5. The highest BCUT2D eigenvalue weighted by Crippen LogP contribution is 2.31. The molecule has 0 aromatic rings. The molecule has 0 bridgehead atoms. The van der Waals surface area contributed by atoms with Gasteiger partial charge in [-0.15, -0.1) is 15.9 Å². The average molecular weight is 579 g/mol. The van der Waals surface area contributed by atoms with E-state index in [0.29, 0.717) is 58.0 Å². The van der Waals surface area contributed by atoms with E-state index >= 15 is 0 Å². The second-order valence-corrected chi connectivity index (χ2v) is 13.3. The Morgan fingerprint density at radius 1 is 0.946 bits per heavy atom. The van der Waals surface area contributed by atoms with Gasteiger partial charge in [0.1, 0.15) is 41.0 Å². The van der Waals surface area contributed by atoms with Crippen molar-refractivity contribution in [2.75, 3.05) is 19.7 Å².